The Morgan fingerprint density at radius 2 is 1.64 bits per heavy atom. The molecule has 2 saturated carbocycles. The van der Waals surface area contributed by atoms with Crippen molar-refractivity contribution in [1.29, 1.82) is 0 Å². The smallest absolute Gasteiger partial charge is 0.303 e. The van der Waals surface area contributed by atoms with Gasteiger partial charge in [0.05, 0.1) is 5.56 Å². The number of Topliss-reactive ketones (excluding diaryl/α,β-unsaturated/α-hetero) is 1. The van der Waals surface area contributed by atoms with E-state index in [1.165, 1.54) is 11.1 Å². The number of aliphatic carboxylic acids is 1. The molecular weight excluding hydrogens is 458 g/mol. The minimum atomic E-state index is -0.966. The molecule has 0 spiro atoms. The van der Waals surface area contributed by atoms with Gasteiger partial charge in [-0.2, -0.15) is 0 Å². The number of H-pyrrole nitrogens is 1. The van der Waals surface area contributed by atoms with Gasteiger partial charge in [-0.1, -0.05) is 56.7 Å². The average Bonchev–Trinajstić information content (AvgIpc) is 3.32. The van der Waals surface area contributed by atoms with E-state index in [-0.39, 0.29) is 42.8 Å². The molecule has 1 atom stereocenters. The van der Waals surface area contributed by atoms with Crippen molar-refractivity contribution in [3.8, 4) is 0 Å². The van der Waals surface area contributed by atoms with E-state index in [1.54, 1.807) is 6.07 Å². The van der Waals surface area contributed by atoms with Crippen LogP contribution >= 0.6 is 0 Å². The number of carbonyl (C=O) groups excluding carboxylic acids is 3. The van der Waals surface area contributed by atoms with Gasteiger partial charge in [0.15, 0.2) is 0 Å². The van der Waals surface area contributed by atoms with E-state index in [0.717, 1.165) is 69.7 Å². The molecule has 0 saturated heterocycles. The second-order valence-corrected chi connectivity index (χ2v) is 10.3. The van der Waals surface area contributed by atoms with Gasteiger partial charge in [-0.05, 0) is 44.1 Å². The van der Waals surface area contributed by atoms with Gasteiger partial charge in [0.25, 0.3) is 11.7 Å². The normalized spacial score (nSPS) is 18.0. The standard InChI is InChI=1S/C28H37N3O5/c32-24(33)16-9-17-31(28(36)26(34)22-18-29-23-15-8-7-14-21(22)23)25(19-10-3-1-4-11-19)27(35)30-20-12-5-2-6-13-20/h7-8,14-15,18-20,25,29H,1-6,9-13,16-17H2,(H,30,35)(H,32,33). The highest BCUT2D eigenvalue weighted by atomic mass is 16.4. The van der Waals surface area contributed by atoms with Crippen LogP contribution in [0.5, 0.6) is 0 Å². The number of aromatic amines is 1. The van der Waals surface area contributed by atoms with Crippen LogP contribution in [-0.4, -0.2) is 57.2 Å². The van der Waals surface area contributed by atoms with E-state index in [4.69, 9.17) is 0 Å². The lowest BCUT2D eigenvalue weighted by molar-refractivity contribution is -0.141. The number of hydrogen-bond donors (Lipinski definition) is 3. The second-order valence-electron chi connectivity index (χ2n) is 10.3. The molecule has 2 aliphatic rings. The number of hydrogen-bond acceptors (Lipinski definition) is 4. The number of aromatic nitrogens is 1. The van der Waals surface area contributed by atoms with E-state index in [0.29, 0.717) is 5.39 Å². The van der Waals surface area contributed by atoms with Crippen molar-refractivity contribution in [1.82, 2.24) is 15.2 Å². The first-order valence-electron chi connectivity index (χ1n) is 13.4. The van der Waals surface area contributed by atoms with Gasteiger partial charge in [-0.3, -0.25) is 19.2 Å². The maximum absolute atomic E-state index is 13.8. The maximum atomic E-state index is 13.8. The first-order valence-corrected chi connectivity index (χ1v) is 13.4. The molecule has 2 fully saturated rings. The van der Waals surface area contributed by atoms with Crippen LogP contribution in [0.1, 0.15) is 87.4 Å². The summed E-state index contributed by atoms with van der Waals surface area (Å²) < 4.78 is 0. The number of para-hydroxylation sites is 1. The number of nitrogens with one attached hydrogen (secondary N) is 2. The summed E-state index contributed by atoms with van der Waals surface area (Å²) in [7, 11) is 0. The highest BCUT2D eigenvalue weighted by molar-refractivity contribution is 6.45. The van der Waals surface area contributed by atoms with Crippen molar-refractivity contribution in [3.63, 3.8) is 0 Å². The number of rotatable bonds is 10. The fourth-order valence-corrected chi connectivity index (χ4v) is 5.87. The predicted molar refractivity (Wildman–Crippen MR) is 137 cm³/mol. The van der Waals surface area contributed by atoms with Crippen molar-refractivity contribution in [2.75, 3.05) is 6.54 Å². The highest BCUT2D eigenvalue weighted by Crippen LogP contribution is 2.31. The summed E-state index contributed by atoms with van der Waals surface area (Å²) in [5, 5.41) is 13.0. The number of carbonyl (C=O) groups is 4. The van der Waals surface area contributed by atoms with Gasteiger partial charge in [-0.25, -0.2) is 0 Å². The van der Waals surface area contributed by atoms with Crippen LogP contribution in [0, 0.1) is 5.92 Å². The van der Waals surface area contributed by atoms with Crippen molar-refractivity contribution in [2.45, 2.75) is 89.1 Å². The lowest BCUT2D eigenvalue weighted by Crippen LogP contribution is -2.57. The summed E-state index contributed by atoms with van der Waals surface area (Å²) in [6.45, 7) is 0.0540. The molecule has 2 aliphatic carbocycles. The molecule has 0 bridgehead atoms. The molecule has 36 heavy (non-hydrogen) atoms. The third kappa shape index (κ3) is 6.15. The Bertz CT molecular complexity index is 1080. The zero-order valence-corrected chi connectivity index (χ0v) is 20.8. The van der Waals surface area contributed by atoms with Crippen molar-refractivity contribution >= 4 is 34.5 Å². The van der Waals surface area contributed by atoms with E-state index < -0.39 is 23.7 Å². The summed E-state index contributed by atoms with van der Waals surface area (Å²) in [6.07, 6.45) is 11.4. The van der Waals surface area contributed by atoms with Gasteiger partial charge in [0.1, 0.15) is 6.04 Å². The van der Waals surface area contributed by atoms with Gasteiger partial charge in [-0.15, -0.1) is 0 Å². The molecule has 2 aromatic rings. The minimum Gasteiger partial charge on any atom is -0.481 e. The fraction of sp³-hybridized carbons (Fsp3) is 0.571. The van der Waals surface area contributed by atoms with Crippen molar-refractivity contribution in [2.24, 2.45) is 5.92 Å². The molecule has 0 radical (unpaired) electrons. The molecule has 1 aromatic carbocycles. The topological polar surface area (TPSA) is 120 Å². The Labute approximate surface area is 211 Å². The monoisotopic (exact) mass is 495 g/mol. The van der Waals surface area contributed by atoms with Crippen LogP contribution in [-0.2, 0) is 14.4 Å². The molecule has 194 valence electrons. The molecule has 0 aliphatic heterocycles. The minimum absolute atomic E-state index is 0.0492. The zero-order chi connectivity index (χ0) is 25.5. The lowest BCUT2D eigenvalue weighted by Gasteiger charge is -2.38. The summed E-state index contributed by atoms with van der Waals surface area (Å²) in [5.41, 5.74) is 1.03. The number of amides is 2. The van der Waals surface area contributed by atoms with E-state index >= 15 is 0 Å². The SMILES string of the molecule is O=C(O)CCCN(C(=O)C(=O)c1c[nH]c2ccccc12)C(C(=O)NC1CCCCC1)C1CCCCC1. The van der Waals surface area contributed by atoms with Gasteiger partial charge < -0.3 is 20.3 Å². The molecule has 1 aromatic heterocycles. The van der Waals surface area contributed by atoms with Crippen molar-refractivity contribution in [3.05, 3.63) is 36.0 Å². The summed E-state index contributed by atoms with van der Waals surface area (Å²) in [6, 6.07) is 6.59. The number of carboxylic acid groups (broad SMARTS) is 1. The van der Waals surface area contributed by atoms with Crippen LogP contribution in [0.4, 0.5) is 0 Å². The van der Waals surface area contributed by atoms with Gasteiger partial charge in [0, 0.05) is 36.1 Å². The Balaban J connectivity index is 1.63. The average molecular weight is 496 g/mol. The molecule has 8 heteroatoms. The summed E-state index contributed by atoms with van der Waals surface area (Å²) in [4.78, 5) is 56.7. The number of nitrogens with zero attached hydrogens (tertiary/aromatic N) is 1. The van der Waals surface area contributed by atoms with Crippen LogP contribution in [0.2, 0.25) is 0 Å². The number of fused-ring (bicyclic) bond motifs is 1. The predicted octanol–water partition coefficient (Wildman–Crippen LogP) is 4.44. The summed E-state index contributed by atoms with van der Waals surface area (Å²) >= 11 is 0. The fourth-order valence-electron chi connectivity index (χ4n) is 5.87. The molecule has 3 N–H and O–H groups in total. The third-order valence-corrected chi connectivity index (χ3v) is 7.73. The zero-order valence-electron chi connectivity index (χ0n) is 20.8. The third-order valence-electron chi connectivity index (χ3n) is 7.73. The van der Waals surface area contributed by atoms with Crippen LogP contribution in [0.15, 0.2) is 30.5 Å². The first-order chi connectivity index (χ1) is 17.5. The van der Waals surface area contributed by atoms with Crippen LogP contribution in [0.3, 0.4) is 0 Å². The molecule has 1 heterocycles. The number of carboxylic acids is 1. The summed E-state index contributed by atoms with van der Waals surface area (Å²) in [5.74, 6) is -2.63. The maximum Gasteiger partial charge on any atom is 0.303 e. The van der Waals surface area contributed by atoms with E-state index in [9.17, 15) is 24.3 Å². The molecule has 8 nitrogen and oxygen atoms in total. The molecule has 1 unspecified atom stereocenters. The van der Waals surface area contributed by atoms with Crippen LogP contribution < -0.4 is 5.32 Å². The molecule has 2 amide bonds. The number of ketones is 1. The Kier molecular flexibility index (Phi) is 8.78. The lowest BCUT2D eigenvalue weighted by atomic mass is 9.82. The van der Waals surface area contributed by atoms with Gasteiger partial charge >= 0.3 is 5.97 Å². The Hall–Kier alpha value is -3.16. The molecule has 4 rings (SSSR count). The Morgan fingerprint density at radius 3 is 2.33 bits per heavy atom. The Morgan fingerprint density at radius 1 is 0.972 bits per heavy atom. The highest BCUT2D eigenvalue weighted by Gasteiger charge is 2.40. The number of benzene rings is 1. The second kappa shape index (κ2) is 12.2. The van der Waals surface area contributed by atoms with E-state index in [1.807, 2.05) is 18.2 Å². The van der Waals surface area contributed by atoms with Gasteiger partial charge in [0.2, 0.25) is 5.91 Å². The largest absolute Gasteiger partial charge is 0.481 e. The van der Waals surface area contributed by atoms with E-state index in [2.05, 4.69) is 10.3 Å². The quantitative estimate of drug-likeness (QED) is 0.332. The van der Waals surface area contributed by atoms with Crippen molar-refractivity contribution < 1.29 is 24.3 Å². The van der Waals surface area contributed by atoms with Crippen LogP contribution in [0.25, 0.3) is 10.9 Å². The first kappa shape index (κ1) is 25.9. The molecular formula is C28H37N3O5.